The van der Waals surface area contributed by atoms with Crippen LogP contribution in [0.3, 0.4) is 0 Å². The number of benzene rings is 1. The average Bonchev–Trinajstić information content (AvgIpc) is 3.06. The zero-order valence-electron chi connectivity index (χ0n) is 16.6. The Balaban J connectivity index is 1.68. The standard InChI is InChI=1S/C20H29N3O2S2/c1-5-6-12-26-20-23-22-19(27-20)21-18(24)8-7-11-25-16-9-10-17(14(2)3)15(4)13-16/h9-10,13-14H,5-8,11-12H2,1-4H3,(H,21,22,24). The maximum absolute atomic E-state index is 12.0. The molecule has 0 aliphatic rings. The summed E-state index contributed by atoms with van der Waals surface area (Å²) in [5, 5.41) is 11.5. The van der Waals surface area contributed by atoms with E-state index in [2.05, 4.69) is 55.3 Å². The van der Waals surface area contributed by atoms with Gasteiger partial charge in [-0.25, -0.2) is 0 Å². The molecule has 0 saturated carbocycles. The van der Waals surface area contributed by atoms with E-state index in [0.717, 1.165) is 22.3 Å². The molecule has 148 valence electrons. The summed E-state index contributed by atoms with van der Waals surface area (Å²) in [6.07, 6.45) is 3.39. The molecule has 0 atom stereocenters. The molecule has 5 nitrogen and oxygen atoms in total. The third-order valence-corrected chi connectivity index (χ3v) is 6.11. The molecule has 2 rings (SSSR count). The Morgan fingerprint density at radius 2 is 2.11 bits per heavy atom. The van der Waals surface area contributed by atoms with Gasteiger partial charge in [0, 0.05) is 12.2 Å². The van der Waals surface area contributed by atoms with E-state index in [4.69, 9.17) is 4.74 Å². The number of hydrogen-bond acceptors (Lipinski definition) is 6. The normalized spacial score (nSPS) is 11.0. The number of nitrogens with one attached hydrogen (secondary N) is 1. The van der Waals surface area contributed by atoms with Crippen LogP contribution < -0.4 is 10.1 Å². The van der Waals surface area contributed by atoms with Crippen LogP contribution in [0, 0.1) is 6.92 Å². The van der Waals surface area contributed by atoms with Crippen LogP contribution in [0.15, 0.2) is 22.5 Å². The lowest BCUT2D eigenvalue weighted by Crippen LogP contribution is -2.12. The van der Waals surface area contributed by atoms with Crippen LogP contribution >= 0.6 is 23.1 Å². The molecule has 0 saturated heterocycles. The SMILES string of the molecule is CCCCSc1nnc(NC(=O)CCCOc2ccc(C(C)C)c(C)c2)s1. The van der Waals surface area contributed by atoms with Crippen molar-refractivity contribution in [2.75, 3.05) is 17.7 Å². The number of hydrogen-bond donors (Lipinski definition) is 1. The Bertz CT molecular complexity index is 732. The van der Waals surface area contributed by atoms with Crippen molar-refractivity contribution in [1.29, 1.82) is 0 Å². The average molecular weight is 408 g/mol. The number of aryl methyl sites for hydroxylation is 1. The van der Waals surface area contributed by atoms with Gasteiger partial charge in [-0.1, -0.05) is 56.4 Å². The Kier molecular flexibility index (Phi) is 9.07. The fourth-order valence-electron chi connectivity index (χ4n) is 2.61. The summed E-state index contributed by atoms with van der Waals surface area (Å²) >= 11 is 3.12. The smallest absolute Gasteiger partial charge is 0.226 e. The first-order valence-electron chi connectivity index (χ1n) is 9.49. The van der Waals surface area contributed by atoms with Gasteiger partial charge in [-0.2, -0.15) is 0 Å². The van der Waals surface area contributed by atoms with Gasteiger partial charge in [0.15, 0.2) is 4.34 Å². The number of nitrogens with zero attached hydrogens (tertiary/aromatic N) is 2. The van der Waals surface area contributed by atoms with Crippen molar-refractivity contribution in [3.05, 3.63) is 29.3 Å². The van der Waals surface area contributed by atoms with Crippen LogP contribution in [0.25, 0.3) is 0 Å². The van der Waals surface area contributed by atoms with Crippen LogP contribution in [-0.2, 0) is 4.79 Å². The molecule has 0 fully saturated rings. The summed E-state index contributed by atoms with van der Waals surface area (Å²) in [7, 11) is 0. The van der Waals surface area contributed by atoms with Gasteiger partial charge in [-0.3, -0.25) is 4.79 Å². The van der Waals surface area contributed by atoms with Crippen molar-refractivity contribution >= 4 is 34.1 Å². The number of ether oxygens (including phenoxy) is 1. The van der Waals surface area contributed by atoms with E-state index in [-0.39, 0.29) is 5.91 Å². The number of rotatable bonds is 11. The van der Waals surface area contributed by atoms with Crippen LogP contribution in [0.5, 0.6) is 5.75 Å². The van der Waals surface area contributed by atoms with Crippen LogP contribution in [0.1, 0.15) is 63.5 Å². The van der Waals surface area contributed by atoms with E-state index in [1.807, 2.05) is 6.07 Å². The molecule has 2 aromatic rings. The third-order valence-electron chi connectivity index (χ3n) is 4.06. The van der Waals surface area contributed by atoms with Gasteiger partial charge in [0.25, 0.3) is 0 Å². The molecule has 7 heteroatoms. The second-order valence-electron chi connectivity index (χ2n) is 6.75. The second kappa shape index (κ2) is 11.3. The van der Waals surface area contributed by atoms with Gasteiger partial charge in [-0.15, -0.1) is 10.2 Å². The van der Waals surface area contributed by atoms with E-state index < -0.39 is 0 Å². The van der Waals surface area contributed by atoms with Crippen molar-refractivity contribution < 1.29 is 9.53 Å². The van der Waals surface area contributed by atoms with Crippen LogP contribution in [0.4, 0.5) is 5.13 Å². The minimum absolute atomic E-state index is 0.0498. The minimum atomic E-state index is -0.0498. The Hall–Kier alpha value is -1.60. The molecule has 1 N–H and O–H groups in total. The van der Waals surface area contributed by atoms with Crippen molar-refractivity contribution in [2.24, 2.45) is 0 Å². The predicted molar refractivity (Wildman–Crippen MR) is 114 cm³/mol. The largest absolute Gasteiger partial charge is 0.494 e. The first-order valence-corrected chi connectivity index (χ1v) is 11.3. The number of anilines is 1. The van der Waals surface area contributed by atoms with Crippen LogP contribution in [-0.4, -0.2) is 28.5 Å². The van der Waals surface area contributed by atoms with Gasteiger partial charge >= 0.3 is 0 Å². The zero-order chi connectivity index (χ0) is 19.6. The number of carbonyl (C=O) groups excluding carboxylic acids is 1. The fourth-order valence-corrected chi connectivity index (χ4v) is 4.53. The monoisotopic (exact) mass is 407 g/mol. The Morgan fingerprint density at radius 1 is 1.30 bits per heavy atom. The molecule has 1 aromatic heterocycles. The van der Waals surface area contributed by atoms with Crippen molar-refractivity contribution in [3.8, 4) is 5.75 Å². The first kappa shape index (κ1) is 21.7. The van der Waals surface area contributed by atoms with Gasteiger partial charge in [-0.05, 0) is 48.9 Å². The summed E-state index contributed by atoms with van der Waals surface area (Å²) in [6.45, 7) is 9.16. The Morgan fingerprint density at radius 3 is 2.81 bits per heavy atom. The van der Waals surface area contributed by atoms with E-state index in [1.165, 1.54) is 28.9 Å². The number of carbonyl (C=O) groups is 1. The molecular formula is C20H29N3O2S2. The van der Waals surface area contributed by atoms with E-state index >= 15 is 0 Å². The summed E-state index contributed by atoms with van der Waals surface area (Å²) < 4.78 is 6.68. The van der Waals surface area contributed by atoms with Crippen molar-refractivity contribution in [3.63, 3.8) is 0 Å². The number of thioether (sulfide) groups is 1. The number of unbranched alkanes of at least 4 members (excludes halogenated alkanes) is 1. The lowest BCUT2D eigenvalue weighted by molar-refractivity contribution is -0.116. The maximum Gasteiger partial charge on any atom is 0.226 e. The summed E-state index contributed by atoms with van der Waals surface area (Å²) in [4.78, 5) is 12.0. The van der Waals surface area contributed by atoms with Crippen LogP contribution in [0.2, 0.25) is 0 Å². The minimum Gasteiger partial charge on any atom is -0.494 e. The van der Waals surface area contributed by atoms with Crippen molar-refractivity contribution in [1.82, 2.24) is 10.2 Å². The van der Waals surface area contributed by atoms with Gasteiger partial charge in [0.2, 0.25) is 11.0 Å². The molecule has 0 bridgehead atoms. The molecule has 1 amide bonds. The molecule has 0 radical (unpaired) electrons. The summed E-state index contributed by atoms with van der Waals surface area (Å²) in [5.74, 6) is 2.35. The number of aromatic nitrogens is 2. The summed E-state index contributed by atoms with van der Waals surface area (Å²) in [6, 6.07) is 6.18. The molecule has 1 aromatic carbocycles. The maximum atomic E-state index is 12.0. The topological polar surface area (TPSA) is 64.1 Å². The van der Waals surface area contributed by atoms with Gasteiger partial charge < -0.3 is 10.1 Å². The van der Waals surface area contributed by atoms with E-state index in [0.29, 0.717) is 30.5 Å². The second-order valence-corrected chi connectivity index (χ2v) is 9.07. The van der Waals surface area contributed by atoms with Crippen molar-refractivity contribution in [2.45, 2.75) is 63.6 Å². The van der Waals surface area contributed by atoms with E-state index in [1.54, 1.807) is 11.8 Å². The van der Waals surface area contributed by atoms with Gasteiger partial charge in [0.05, 0.1) is 6.61 Å². The zero-order valence-corrected chi connectivity index (χ0v) is 18.2. The highest BCUT2D eigenvalue weighted by atomic mass is 32.2. The summed E-state index contributed by atoms with van der Waals surface area (Å²) in [5.41, 5.74) is 2.58. The lowest BCUT2D eigenvalue weighted by atomic mass is 9.98. The molecule has 0 spiro atoms. The van der Waals surface area contributed by atoms with Gasteiger partial charge in [0.1, 0.15) is 5.75 Å². The van der Waals surface area contributed by atoms with E-state index in [9.17, 15) is 4.79 Å². The quantitative estimate of drug-likeness (QED) is 0.296. The molecule has 27 heavy (non-hydrogen) atoms. The highest BCUT2D eigenvalue weighted by Crippen LogP contribution is 2.26. The molecular weight excluding hydrogens is 378 g/mol. The highest BCUT2D eigenvalue weighted by molar-refractivity contribution is 8.01. The first-order chi connectivity index (χ1) is 13.0. The number of amides is 1. The highest BCUT2D eigenvalue weighted by Gasteiger charge is 2.09. The lowest BCUT2D eigenvalue weighted by Gasteiger charge is -2.12. The molecule has 0 unspecified atom stereocenters. The molecule has 1 heterocycles. The predicted octanol–water partition coefficient (Wildman–Crippen LogP) is 5.66. The fraction of sp³-hybridized carbons (Fsp3) is 0.550. The Labute approximate surface area is 170 Å². The molecule has 0 aliphatic carbocycles. The molecule has 0 aliphatic heterocycles. The third kappa shape index (κ3) is 7.50.